The summed E-state index contributed by atoms with van der Waals surface area (Å²) in [5.74, 6) is 1.13. The Labute approximate surface area is 175 Å². The fourth-order valence-corrected chi connectivity index (χ4v) is 3.31. The number of nitrogens with one attached hydrogen (secondary N) is 1. The number of carbonyl (C=O) groups excluding carboxylic acids is 1. The Morgan fingerprint density at radius 2 is 1.79 bits per heavy atom. The molecule has 0 unspecified atom stereocenters. The van der Waals surface area contributed by atoms with E-state index >= 15 is 0 Å². The van der Waals surface area contributed by atoms with E-state index in [0.29, 0.717) is 47.5 Å². The first-order valence-corrected chi connectivity index (χ1v) is 9.70. The van der Waals surface area contributed by atoms with Crippen molar-refractivity contribution in [1.82, 2.24) is 15.1 Å². The predicted octanol–water partition coefficient (Wildman–Crippen LogP) is 4.02. The fraction of sp³-hybridized carbons (Fsp3) is 0.273. The van der Waals surface area contributed by atoms with Crippen LogP contribution in [0.1, 0.15) is 27.3 Å². The van der Waals surface area contributed by atoms with Gasteiger partial charge in [-0.15, -0.1) is 0 Å². The first kappa shape index (κ1) is 20.7. The molecule has 2 aromatic carbocycles. The molecule has 0 fully saturated rings. The van der Waals surface area contributed by atoms with Gasteiger partial charge >= 0.3 is 0 Å². The molecule has 6 nitrogen and oxygen atoms in total. The molecule has 0 spiro atoms. The largest absolute Gasteiger partial charge is 0.493 e. The Kier molecular flexibility index (Phi) is 6.77. The number of para-hydroxylation sites is 2. The van der Waals surface area contributed by atoms with E-state index in [2.05, 4.69) is 10.4 Å². The number of aromatic nitrogens is 2. The first-order chi connectivity index (χ1) is 14.0. The predicted molar refractivity (Wildman–Crippen MR) is 113 cm³/mol. The number of methoxy groups -OCH3 is 1. The maximum Gasteiger partial charge on any atom is 0.255 e. The summed E-state index contributed by atoms with van der Waals surface area (Å²) in [5, 5.41) is 8.09. The smallest absolute Gasteiger partial charge is 0.255 e. The Morgan fingerprint density at radius 1 is 1.10 bits per heavy atom. The van der Waals surface area contributed by atoms with Gasteiger partial charge in [-0.2, -0.15) is 5.10 Å². The van der Waals surface area contributed by atoms with Crippen molar-refractivity contribution in [2.24, 2.45) is 0 Å². The first-order valence-electron chi connectivity index (χ1n) is 9.32. The highest BCUT2D eigenvalue weighted by Gasteiger charge is 2.19. The quantitative estimate of drug-likeness (QED) is 0.566. The van der Waals surface area contributed by atoms with Crippen LogP contribution in [0.5, 0.6) is 11.5 Å². The van der Waals surface area contributed by atoms with Gasteiger partial charge in [0.2, 0.25) is 0 Å². The summed E-state index contributed by atoms with van der Waals surface area (Å²) in [5.41, 5.74) is 3.01. The van der Waals surface area contributed by atoms with Crippen molar-refractivity contribution in [1.29, 1.82) is 0 Å². The summed E-state index contributed by atoms with van der Waals surface area (Å²) in [6.45, 7) is 4.92. The van der Waals surface area contributed by atoms with Crippen LogP contribution >= 0.6 is 11.6 Å². The molecule has 0 aliphatic rings. The number of carbonyl (C=O) groups is 1. The summed E-state index contributed by atoms with van der Waals surface area (Å²) in [4.78, 5) is 12.7. The minimum absolute atomic E-state index is 0.172. The van der Waals surface area contributed by atoms with Crippen LogP contribution in [-0.2, 0) is 6.54 Å². The lowest BCUT2D eigenvalue weighted by atomic mass is 10.1. The summed E-state index contributed by atoms with van der Waals surface area (Å²) in [6, 6.07) is 15.0. The summed E-state index contributed by atoms with van der Waals surface area (Å²) in [7, 11) is 1.59. The molecule has 0 radical (unpaired) electrons. The van der Waals surface area contributed by atoms with Crippen molar-refractivity contribution in [3.8, 4) is 11.5 Å². The van der Waals surface area contributed by atoms with Crippen LogP contribution in [0.15, 0.2) is 48.5 Å². The molecule has 1 aromatic heterocycles. The van der Waals surface area contributed by atoms with Crippen LogP contribution in [0, 0.1) is 13.8 Å². The molecular formula is C22H24ClN3O3. The SMILES string of the molecule is COc1ccccc1OCCNC(=O)c1c(C)nn(Cc2ccccc2Cl)c1C. The molecule has 3 aromatic rings. The van der Waals surface area contributed by atoms with E-state index in [-0.39, 0.29) is 5.91 Å². The van der Waals surface area contributed by atoms with Crippen molar-refractivity contribution >= 4 is 17.5 Å². The number of benzene rings is 2. The zero-order valence-corrected chi connectivity index (χ0v) is 17.5. The monoisotopic (exact) mass is 413 g/mol. The number of rotatable bonds is 8. The lowest BCUT2D eigenvalue weighted by Crippen LogP contribution is -2.29. The van der Waals surface area contributed by atoms with Gasteiger partial charge in [-0.25, -0.2) is 0 Å². The molecule has 0 aliphatic carbocycles. The standard InChI is InChI=1S/C22H24ClN3O3/c1-15-21(16(2)26(25-15)14-17-8-4-5-9-18(17)23)22(27)24-12-13-29-20-11-7-6-10-19(20)28-3/h4-11H,12-14H2,1-3H3,(H,24,27). The Bertz CT molecular complexity index is 1000. The van der Waals surface area contributed by atoms with E-state index in [1.807, 2.05) is 62.4 Å². The van der Waals surface area contributed by atoms with Crippen molar-refractivity contribution in [3.05, 3.63) is 76.1 Å². The van der Waals surface area contributed by atoms with Crippen molar-refractivity contribution in [3.63, 3.8) is 0 Å². The number of hydrogen-bond acceptors (Lipinski definition) is 4. The van der Waals surface area contributed by atoms with Gasteiger partial charge in [-0.1, -0.05) is 41.9 Å². The molecule has 1 heterocycles. The van der Waals surface area contributed by atoms with E-state index < -0.39 is 0 Å². The van der Waals surface area contributed by atoms with Crippen molar-refractivity contribution in [2.75, 3.05) is 20.3 Å². The molecule has 1 N–H and O–H groups in total. The van der Waals surface area contributed by atoms with Crippen LogP contribution in [0.2, 0.25) is 5.02 Å². The molecule has 1 amide bonds. The number of ether oxygens (including phenoxy) is 2. The molecule has 0 saturated heterocycles. The van der Waals surface area contributed by atoms with E-state index in [9.17, 15) is 4.79 Å². The topological polar surface area (TPSA) is 65.4 Å². The minimum atomic E-state index is -0.172. The van der Waals surface area contributed by atoms with Crippen molar-refractivity contribution < 1.29 is 14.3 Å². The van der Waals surface area contributed by atoms with E-state index in [4.69, 9.17) is 21.1 Å². The highest BCUT2D eigenvalue weighted by Crippen LogP contribution is 2.25. The van der Waals surface area contributed by atoms with Crippen LogP contribution < -0.4 is 14.8 Å². The van der Waals surface area contributed by atoms with Crippen LogP contribution in [-0.4, -0.2) is 35.9 Å². The fourth-order valence-electron chi connectivity index (χ4n) is 3.12. The third kappa shape index (κ3) is 4.90. The van der Waals surface area contributed by atoms with E-state index in [1.54, 1.807) is 11.8 Å². The van der Waals surface area contributed by atoms with Gasteiger partial charge < -0.3 is 14.8 Å². The summed E-state index contributed by atoms with van der Waals surface area (Å²) < 4.78 is 12.8. The van der Waals surface area contributed by atoms with Gasteiger partial charge in [-0.05, 0) is 37.6 Å². The summed E-state index contributed by atoms with van der Waals surface area (Å²) >= 11 is 6.25. The third-order valence-corrected chi connectivity index (χ3v) is 4.97. The number of hydrogen-bond donors (Lipinski definition) is 1. The number of halogens is 1. The van der Waals surface area contributed by atoms with Gasteiger partial charge in [0.25, 0.3) is 5.91 Å². The van der Waals surface area contributed by atoms with Gasteiger partial charge in [0, 0.05) is 10.7 Å². The second-order valence-electron chi connectivity index (χ2n) is 6.55. The van der Waals surface area contributed by atoms with E-state index in [1.165, 1.54) is 0 Å². The zero-order chi connectivity index (χ0) is 20.8. The van der Waals surface area contributed by atoms with Crippen LogP contribution in [0.4, 0.5) is 0 Å². The molecule has 0 atom stereocenters. The molecule has 7 heteroatoms. The van der Waals surface area contributed by atoms with Gasteiger partial charge in [-0.3, -0.25) is 9.48 Å². The molecule has 152 valence electrons. The van der Waals surface area contributed by atoms with Crippen molar-refractivity contribution in [2.45, 2.75) is 20.4 Å². The Morgan fingerprint density at radius 3 is 2.52 bits per heavy atom. The second-order valence-corrected chi connectivity index (χ2v) is 6.96. The van der Waals surface area contributed by atoms with Crippen LogP contribution in [0.25, 0.3) is 0 Å². The number of amides is 1. The second kappa shape index (κ2) is 9.47. The molecule has 0 aliphatic heterocycles. The molecule has 29 heavy (non-hydrogen) atoms. The number of nitrogens with zero attached hydrogens (tertiary/aromatic N) is 2. The molecule has 0 bridgehead atoms. The average molecular weight is 414 g/mol. The van der Waals surface area contributed by atoms with E-state index in [0.717, 1.165) is 11.3 Å². The van der Waals surface area contributed by atoms with Crippen LogP contribution in [0.3, 0.4) is 0 Å². The lowest BCUT2D eigenvalue weighted by molar-refractivity contribution is 0.0945. The Hall–Kier alpha value is -2.99. The maximum absolute atomic E-state index is 12.7. The molecule has 0 saturated carbocycles. The maximum atomic E-state index is 12.7. The van der Waals surface area contributed by atoms with Gasteiger partial charge in [0.05, 0.1) is 31.5 Å². The molecular weight excluding hydrogens is 390 g/mol. The highest BCUT2D eigenvalue weighted by molar-refractivity contribution is 6.31. The minimum Gasteiger partial charge on any atom is -0.493 e. The molecule has 3 rings (SSSR count). The normalized spacial score (nSPS) is 10.6. The zero-order valence-electron chi connectivity index (χ0n) is 16.7. The highest BCUT2D eigenvalue weighted by atomic mass is 35.5. The lowest BCUT2D eigenvalue weighted by Gasteiger charge is -2.11. The van der Waals surface area contributed by atoms with Gasteiger partial charge in [0.15, 0.2) is 11.5 Å². The summed E-state index contributed by atoms with van der Waals surface area (Å²) in [6.07, 6.45) is 0. The Balaban J connectivity index is 1.61. The van der Waals surface area contributed by atoms with Gasteiger partial charge in [0.1, 0.15) is 6.61 Å². The third-order valence-electron chi connectivity index (χ3n) is 4.60. The number of aryl methyl sites for hydroxylation is 1. The average Bonchev–Trinajstić information content (AvgIpc) is 3.00.